The average molecular weight is 401 g/mol. The zero-order chi connectivity index (χ0) is 21.4. The van der Waals surface area contributed by atoms with Gasteiger partial charge in [-0.2, -0.15) is 0 Å². The van der Waals surface area contributed by atoms with Gasteiger partial charge in [-0.25, -0.2) is 4.79 Å². The number of aryl methyl sites for hydroxylation is 1. The predicted molar refractivity (Wildman–Crippen MR) is 108 cm³/mol. The van der Waals surface area contributed by atoms with Gasteiger partial charge < -0.3 is 24.3 Å². The van der Waals surface area contributed by atoms with Crippen molar-refractivity contribution in [1.29, 1.82) is 0 Å². The van der Waals surface area contributed by atoms with Gasteiger partial charge >= 0.3 is 5.97 Å². The first-order valence-corrected chi connectivity index (χ1v) is 9.26. The molecule has 0 unspecified atom stereocenters. The number of carbonyl (C=O) groups excluding carboxylic acids is 2. The van der Waals surface area contributed by atoms with Crippen LogP contribution in [0.3, 0.4) is 0 Å². The predicted octanol–water partition coefficient (Wildman–Crippen LogP) is 3.03. The van der Waals surface area contributed by atoms with E-state index in [0.29, 0.717) is 17.2 Å². The number of hydrogen-bond acceptors (Lipinski definition) is 6. The monoisotopic (exact) mass is 401 g/mol. The fraction of sp³-hybridized carbons (Fsp3) is 0.364. The lowest BCUT2D eigenvalue weighted by Gasteiger charge is -2.18. The third-order valence-corrected chi connectivity index (χ3v) is 4.21. The van der Waals surface area contributed by atoms with E-state index in [4.69, 9.17) is 18.9 Å². The molecule has 0 bridgehead atoms. The Bertz CT molecular complexity index is 851. The van der Waals surface area contributed by atoms with Gasteiger partial charge in [0.25, 0.3) is 5.91 Å². The number of hydrogen-bond donors (Lipinski definition) is 1. The number of carbonyl (C=O) groups is 2. The van der Waals surface area contributed by atoms with Crippen molar-refractivity contribution in [3.05, 3.63) is 53.6 Å². The first kappa shape index (κ1) is 22.1. The molecule has 0 aromatic heterocycles. The first-order chi connectivity index (χ1) is 13.8. The minimum atomic E-state index is -0.953. The molecule has 0 fully saturated rings. The molecule has 0 aliphatic heterocycles. The Kier molecular flexibility index (Phi) is 7.88. The van der Waals surface area contributed by atoms with Gasteiger partial charge in [-0.05, 0) is 56.2 Å². The quantitative estimate of drug-likeness (QED) is 0.651. The molecule has 29 heavy (non-hydrogen) atoms. The van der Waals surface area contributed by atoms with Crippen molar-refractivity contribution in [3.63, 3.8) is 0 Å². The van der Waals surface area contributed by atoms with E-state index in [1.165, 1.54) is 6.92 Å². The van der Waals surface area contributed by atoms with Crippen molar-refractivity contribution in [3.8, 4) is 17.2 Å². The molecule has 0 saturated carbocycles. The lowest BCUT2D eigenvalue weighted by atomic mass is 10.2. The maximum absolute atomic E-state index is 12.3. The van der Waals surface area contributed by atoms with Crippen molar-refractivity contribution < 1.29 is 28.5 Å². The summed E-state index contributed by atoms with van der Waals surface area (Å²) in [4.78, 5) is 24.5. The number of rotatable bonds is 9. The molecule has 0 aliphatic carbocycles. The van der Waals surface area contributed by atoms with Crippen LogP contribution in [-0.2, 0) is 20.9 Å². The molecular formula is C22H27NO6. The Morgan fingerprint density at radius 3 is 2.34 bits per heavy atom. The summed E-state index contributed by atoms with van der Waals surface area (Å²) >= 11 is 0. The van der Waals surface area contributed by atoms with Crippen molar-refractivity contribution in [2.75, 3.05) is 14.2 Å². The number of ether oxygens (including phenoxy) is 4. The fourth-order valence-corrected chi connectivity index (χ4v) is 2.59. The molecule has 0 radical (unpaired) electrons. The van der Waals surface area contributed by atoms with E-state index >= 15 is 0 Å². The molecule has 1 N–H and O–H groups in total. The van der Waals surface area contributed by atoms with Gasteiger partial charge in [0.2, 0.25) is 0 Å². The van der Waals surface area contributed by atoms with Gasteiger partial charge in [-0.3, -0.25) is 4.79 Å². The highest BCUT2D eigenvalue weighted by molar-refractivity contribution is 5.84. The summed E-state index contributed by atoms with van der Waals surface area (Å²) in [5, 5.41) is 2.74. The maximum Gasteiger partial charge on any atom is 0.347 e. The molecule has 2 aromatic rings. The molecule has 0 heterocycles. The second kappa shape index (κ2) is 10.4. The molecule has 1 amide bonds. The molecule has 0 spiro atoms. The van der Waals surface area contributed by atoms with Crippen LogP contribution in [0.15, 0.2) is 42.5 Å². The highest BCUT2D eigenvalue weighted by Crippen LogP contribution is 2.27. The third-order valence-electron chi connectivity index (χ3n) is 4.21. The molecular weight excluding hydrogens is 374 g/mol. The summed E-state index contributed by atoms with van der Waals surface area (Å²) in [6.07, 6.45) is -1.79. The van der Waals surface area contributed by atoms with E-state index in [1.807, 2.05) is 31.2 Å². The molecule has 2 aromatic carbocycles. The summed E-state index contributed by atoms with van der Waals surface area (Å²) in [6.45, 7) is 5.29. The Hall–Kier alpha value is -3.22. The van der Waals surface area contributed by atoms with E-state index in [-0.39, 0.29) is 6.54 Å². The minimum Gasteiger partial charge on any atom is -0.493 e. The van der Waals surface area contributed by atoms with E-state index in [0.717, 1.165) is 11.1 Å². The van der Waals surface area contributed by atoms with Crippen molar-refractivity contribution >= 4 is 11.9 Å². The van der Waals surface area contributed by atoms with E-state index in [1.54, 1.807) is 39.3 Å². The van der Waals surface area contributed by atoms with Crippen LogP contribution < -0.4 is 19.5 Å². The van der Waals surface area contributed by atoms with Crippen molar-refractivity contribution in [2.24, 2.45) is 0 Å². The minimum absolute atomic E-state index is 0.260. The number of nitrogens with one attached hydrogen (secondary N) is 1. The number of amides is 1. The molecule has 0 aliphatic rings. The second-order valence-electron chi connectivity index (χ2n) is 6.56. The van der Waals surface area contributed by atoms with Gasteiger partial charge in [-0.15, -0.1) is 0 Å². The Morgan fingerprint density at radius 2 is 1.69 bits per heavy atom. The molecule has 2 atom stereocenters. The van der Waals surface area contributed by atoms with Crippen LogP contribution in [0, 0.1) is 6.92 Å². The number of esters is 1. The van der Waals surface area contributed by atoms with Gasteiger partial charge in [0.05, 0.1) is 14.2 Å². The SMILES string of the molecule is COc1ccc(CNC(=O)[C@@H](C)OC(=O)[C@H](C)Oc2cccc(C)c2)cc1OC. The largest absolute Gasteiger partial charge is 0.493 e. The molecule has 7 nitrogen and oxygen atoms in total. The standard InChI is InChI=1S/C22H27NO6/c1-14-7-6-8-18(11-14)28-16(3)22(25)29-15(2)21(24)23-13-17-9-10-19(26-4)20(12-17)27-5/h6-12,15-16H,13H2,1-5H3,(H,23,24)/t15-,16+/m1/s1. The van der Waals surface area contributed by atoms with Crippen molar-refractivity contribution in [1.82, 2.24) is 5.32 Å². The molecule has 156 valence electrons. The van der Waals surface area contributed by atoms with Crippen LogP contribution in [0.4, 0.5) is 0 Å². The summed E-state index contributed by atoms with van der Waals surface area (Å²) in [7, 11) is 3.10. The summed E-state index contributed by atoms with van der Waals surface area (Å²) in [5.74, 6) is 0.726. The van der Waals surface area contributed by atoms with Gasteiger partial charge in [0.15, 0.2) is 23.7 Å². The normalized spacial score (nSPS) is 12.4. The van der Waals surface area contributed by atoms with Crippen molar-refractivity contribution in [2.45, 2.75) is 39.5 Å². The third kappa shape index (κ3) is 6.41. The highest BCUT2D eigenvalue weighted by Gasteiger charge is 2.23. The zero-order valence-corrected chi connectivity index (χ0v) is 17.4. The topological polar surface area (TPSA) is 83.1 Å². The molecule has 7 heteroatoms. The molecule has 2 rings (SSSR count). The lowest BCUT2D eigenvalue weighted by Crippen LogP contribution is -2.38. The van der Waals surface area contributed by atoms with E-state index < -0.39 is 24.1 Å². The maximum atomic E-state index is 12.3. The van der Waals surface area contributed by atoms with E-state index in [9.17, 15) is 9.59 Å². The van der Waals surface area contributed by atoms with Gasteiger partial charge in [-0.1, -0.05) is 18.2 Å². The number of benzene rings is 2. The smallest absolute Gasteiger partial charge is 0.347 e. The van der Waals surface area contributed by atoms with Crippen LogP contribution in [0.25, 0.3) is 0 Å². The highest BCUT2D eigenvalue weighted by atomic mass is 16.6. The first-order valence-electron chi connectivity index (χ1n) is 9.26. The Morgan fingerprint density at radius 1 is 0.966 bits per heavy atom. The van der Waals surface area contributed by atoms with Crippen LogP contribution in [-0.4, -0.2) is 38.3 Å². The summed E-state index contributed by atoms with van der Waals surface area (Å²) in [5.41, 5.74) is 1.84. The van der Waals surface area contributed by atoms with Gasteiger partial charge in [0.1, 0.15) is 5.75 Å². The Labute approximate surface area is 170 Å². The number of methoxy groups -OCH3 is 2. The summed E-state index contributed by atoms with van der Waals surface area (Å²) in [6, 6.07) is 12.7. The van der Waals surface area contributed by atoms with Crippen LogP contribution >= 0.6 is 0 Å². The lowest BCUT2D eigenvalue weighted by molar-refractivity contribution is -0.160. The van der Waals surface area contributed by atoms with E-state index in [2.05, 4.69) is 5.32 Å². The van der Waals surface area contributed by atoms with Crippen LogP contribution in [0.1, 0.15) is 25.0 Å². The Balaban J connectivity index is 1.85. The summed E-state index contributed by atoms with van der Waals surface area (Å²) < 4.78 is 21.2. The zero-order valence-electron chi connectivity index (χ0n) is 17.4. The fourth-order valence-electron chi connectivity index (χ4n) is 2.59. The van der Waals surface area contributed by atoms with Crippen LogP contribution in [0.2, 0.25) is 0 Å². The second-order valence-corrected chi connectivity index (χ2v) is 6.56. The molecule has 0 saturated heterocycles. The van der Waals surface area contributed by atoms with Crippen LogP contribution in [0.5, 0.6) is 17.2 Å². The average Bonchev–Trinajstić information content (AvgIpc) is 2.71. The van der Waals surface area contributed by atoms with Gasteiger partial charge in [0, 0.05) is 6.54 Å².